The van der Waals surface area contributed by atoms with Crippen LogP contribution < -0.4 is 5.73 Å². The average molecular weight is 292 g/mol. The molecule has 0 aliphatic carbocycles. The van der Waals surface area contributed by atoms with Crippen molar-refractivity contribution < 1.29 is 9.90 Å². The van der Waals surface area contributed by atoms with Crippen LogP contribution >= 0.6 is 0 Å². The van der Waals surface area contributed by atoms with E-state index in [1.165, 1.54) is 19.3 Å². The molecule has 0 aliphatic heterocycles. The maximum Gasteiger partial charge on any atom is 0.255 e. The molecule has 0 saturated heterocycles. The number of aliphatic hydroxyl groups excluding tert-OH is 1. The van der Waals surface area contributed by atoms with Crippen molar-refractivity contribution in [2.75, 3.05) is 25.4 Å². The molecule has 0 aromatic heterocycles. The molecular weight excluding hydrogens is 264 g/mol. The Morgan fingerprint density at radius 1 is 1.10 bits per heavy atom. The number of para-hydroxylation sites is 1. The van der Waals surface area contributed by atoms with Crippen molar-refractivity contribution in [3.63, 3.8) is 0 Å². The smallest absolute Gasteiger partial charge is 0.255 e. The van der Waals surface area contributed by atoms with Gasteiger partial charge in [0.15, 0.2) is 0 Å². The van der Waals surface area contributed by atoms with Crippen LogP contribution in [0.15, 0.2) is 24.3 Å². The number of hydrogen-bond acceptors (Lipinski definition) is 3. The van der Waals surface area contributed by atoms with Gasteiger partial charge in [-0.25, -0.2) is 0 Å². The first-order valence-electron chi connectivity index (χ1n) is 7.95. The van der Waals surface area contributed by atoms with E-state index in [9.17, 15) is 4.79 Å². The third-order valence-electron chi connectivity index (χ3n) is 3.60. The van der Waals surface area contributed by atoms with Crippen molar-refractivity contribution in [3.05, 3.63) is 29.8 Å². The van der Waals surface area contributed by atoms with Crippen molar-refractivity contribution >= 4 is 11.6 Å². The highest BCUT2D eigenvalue weighted by atomic mass is 16.3. The maximum absolute atomic E-state index is 12.6. The number of unbranched alkanes of at least 4 members (excludes halogenated alkanes) is 4. The number of anilines is 1. The molecule has 0 bridgehead atoms. The lowest BCUT2D eigenvalue weighted by Gasteiger charge is -2.23. The van der Waals surface area contributed by atoms with Crippen LogP contribution in [0.2, 0.25) is 0 Å². The van der Waals surface area contributed by atoms with Gasteiger partial charge in [0.25, 0.3) is 5.91 Å². The number of rotatable bonds is 10. The summed E-state index contributed by atoms with van der Waals surface area (Å²) in [5, 5.41) is 9.00. The lowest BCUT2D eigenvalue weighted by molar-refractivity contribution is 0.0742. The fourth-order valence-corrected chi connectivity index (χ4v) is 2.34. The van der Waals surface area contributed by atoms with Crippen molar-refractivity contribution in [2.24, 2.45) is 0 Å². The van der Waals surface area contributed by atoms with E-state index in [-0.39, 0.29) is 12.5 Å². The first kappa shape index (κ1) is 17.5. The molecule has 0 unspecified atom stereocenters. The second-order valence-corrected chi connectivity index (χ2v) is 5.37. The molecule has 1 rings (SSSR count). The molecule has 4 heteroatoms. The molecule has 1 aromatic carbocycles. The van der Waals surface area contributed by atoms with Crippen molar-refractivity contribution in [1.29, 1.82) is 0 Å². The van der Waals surface area contributed by atoms with Gasteiger partial charge in [-0.2, -0.15) is 0 Å². The third-order valence-corrected chi connectivity index (χ3v) is 3.60. The largest absolute Gasteiger partial charge is 0.398 e. The first-order valence-corrected chi connectivity index (χ1v) is 7.95. The van der Waals surface area contributed by atoms with Gasteiger partial charge >= 0.3 is 0 Å². The molecule has 118 valence electrons. The fraction of sp³-hybridized carbons (Fsp3) is 0.588. The molecule has 21 heavy (non-hydrogen) atoms. The number of amides is 1. The lowest BCUT2D eigenvalue weighted by Crippen LogP contribution is -2.33. The van der Waals surface area contributed by atoms with Crippen LogP contribution in [0.25, 0.3) is 0 Å². The molecule has 0 radical (unpaired) electrons. The Hall–Kier alpha value is -1.55. The van der Waals surface area contributed by atoms with E-state index in [4.69, 9.17) is 10.8 Å². The highest BCUT2D eigenvalue weighted by Crippen LogP contribution is 2.15. The summed E-state index contributed by atoms with van der Waals surface area (Å²) in [6.45, 7) is 3.60. The first-order chi connectivity index (χ1) is 10.2. The summed E-state index contributed by atoms with van der Waals surface area (Å²) >= 11 is 0. The number of nitrogen functional groups attached to an aromatic ring is 1. The number of nitrogens with two attached hydrogens (primary N) is 1. The Bertz CT molecular complexity index is 421. The molecule has 0 spiro atoms. The second kappa shape index (κ2) is 10.2. The van der Waals surface area contributed by atoms with Gasteiger partial charge in [-0.15, -0.1) is 0 Å². The van der Waals surface area contributed by atoms with Crippen molar-refractivity contribution in [2.45, 2.75) is 45.4 Å². The Kier molecular flexibility index (Phi) is 8.51. The molecule has 0 saturated carbocycles. The normalized spacial score (nSPS) is 10.6. The van der Waals surface area contributed by atoms with E-state index in [1.807, 2.05) is 17.0 Å². The van der Waals surface area contributed by atoms with Gasteiger partial charge in [0.2, 0.25) is 0 Å². The summed E-state index contributed by atoms with van der Waals surface area (Å²) in [6.07, 6.45) is 6.42. The van der Waals surface area contributed by atoms with E-state index < -0.39 is 0 Å². The Morgan fingerprint density at radius 2 is 1.76 bits per heavy atom. The molecule has 3 N–H and O–H groups in total. The Labute approximate surface area is 128 Å². The zero-order chi connectivity index (χ0) is 15.5. The molecule has 0 fully saturated rings. The van der Waals surface area contributed by atoms with Crippen molar-refractivity contribution in [1.82, 2.24) is 4.90 Å². The second-order valence-electron chi connectivity index (χ2n) is 5.37. The predicted octanol–water partition coefficient (Wildman–Crippen LogP) is 3.06. The highest BCUT2D eigenvalue weighted by molar-refractivity contribution is 5.99. The fourth-order valence-electron chi connectivity index (χ4n) is 2.34. The molecule has 1 amide bonds. The number of carbonyl (C=O) groups is 1. The van der Waals surface area contributed by atoms with Crippen LogP contribution in [0.3, 0.4) is 0 Å². The van der Waals surface area contributed by atoms with Gasteiger partial charge in [-0.05, 0) is 25.0 Å². The zero-order valence-corrected chi connectivity index (χ0v) is 13.1. The summed E-state index contributed by atoms with van der Waals surface area (Å²) in [5.41, 5.74) is 6.96. The highest BCUT2D eigenvalue weighted by Gasteiger charge is 2.16. The van der Waals surface area contributed by atoms with Crippen LogP contribution in [0.1, 0.15) is 55.8 Å². The standard InChI is InChI=1S/C17H28N2O2/c1-2-3-4-5-8-12-19(13-9-14-20)17(21)15-10-6-7-11-16(15)18/h6-7,10-11,20H,2-5,8-9,12-14,18H2,1H3. The summed E-state index contributed by atoms with van der Waals surface area (Å²) in [7, 11) is 0. The van der Waals surface area contributed by atoms with Gasteiger partial charge in [0.05, 0.1) is 5.56 Å². The number of carbonyl (C=O) groups excluding carboxylic acids is 1. The van der Waals surface area contributed by atoms with Crippen LogP contribution in [0, 0.1) is 0 Å². The quantitative estimate of drug-likeness (QED) is 0.514. The topological polar surface area (TPSA) is 66.6 Å². The molecule has 0 heterocycles. The van der Waals surface area contributed by atoms with Crippen LogP contribution in [0.4, 0.5) is 5.69 Å². The van der Waals surface area contributed by atoms with Crippen LogP contribution in [0.5, 0.6) is 0 Å². The number of nitrogens with zero attached hydrogens (tertiary/aromatic N) is 1. The summed E-state index contributed by atoms with van der Waals surface area (Å²) in [4.78, 5) is 14.4. The summed E-state index contributed by atoms with van der Waals surface area (Å²) in [5.74, 6) is -0.0305. The minimum absolute atomic E-state index is 0.0305. The number of aliphatic hydroxyl groups is 1. The Morgan fingerprint density at radius 3 is 2.43 bits per heavy atom. The van der Waals surface area contributed by atoms with Gasteiger partial charge in [0.1, 0.15) is 0 Å². The summed E-state index contributed by atoms with van der Waals surface area (Å²) < 4.78 is 0. The van der Waals surface area contributed by atoms with E-state index in [0.717, 1.165) is 19.4 Å². The van der Waals surface area contributed by atoms with Crippen LogP contribution in [-0.4, -0.2) is 35.6 Å². The molecular formula is C17H28N2O2. The summed E-state index contributed by atoms with van der Waals surface area (Å²) in [6, 6.07) is 7.17. The molecule has 1 aromatic rings. The van der Waals surface area contributed by atoms with E-state index in [1.54, 1.807) is 12.1 Å². The predicted molar refractivity (Wildman–Crippen MR) is 87.2 cm³/mol. The lowest BCUT2D eigenvalue weighted by atomic mass is 10.1. The average Bonchev–Trinajstić information content (AvgIpc) is 2.50. The van der Waals surface area contributed by atoms with Gasteiger partial charge in [-0.3, -0.25) is 4.79 Å². The molecule has 0 atom stereocenters. The van der Waals surface area contributed by atoms with Gasteiger partial charge < -0.3 is 15.7 Å². The zero-order valence-electron chi connectivity index (χ0n) is 13.1. The monoisotopic (exact) mass is 292 g/mol. The SMILES string of the molecule is CCCCCCCN(CCCO)C(=O)c1ccccc1N. The molecule has 0 aliphatic rings. The third kappa shape index (κ3) is 6.17. The maximum atomic E-state index is 12.6. The van der Waals surface area contributed by atoms with Crippen LogP contribution in [-0.2, 0) is 0 Å². The van der Waals surface area contributed by atoms with Gasteiger partial charge in [-0.1, -0.05) is 44.7 Å². The number of benzene rings is 1. The minimum Gasteiger partial charge on any atom is -0.398 e. The molecule has 4 nitrogen and oxygen atoms in total. The van der Waals surface area contributed by atoms with Gasteiger partial charge in [0, 0.05) is 25.4 Å². The van der Waals surface area contributed by atoms with Crippen molar-refractivity contribution in [3.8, 4) is 0 Å². The van der Waals surface area contributed by atoms with E-state index in [2.05, 4.69) is 6.92 Å². The minimum atomic E-state index is -0.0305. The number of hydrogen-bond donors (Lipinski definition) is 2. The van der Waals surface area contributed by atoms with E-state index in [0.29, 0.717) is 24.2 Å². The Balaban J connectivity index is 2.59. The van der Waals surface area contributed by atoms with E-state index >= 15 is 0 Å².